The minimum Gasteiger partial charge on any atom is -0.396 e. The molecule has 0 saturated heterocycles. The van der Waals surface area contributed by atoms with Crippen LogP contribution in [0.2, 0.25) is 0 Å². The van der Waals surface area contributed by atoms with Crippen molar-refractivity contribution in [3.8, 4) is 0 Å². The zero-order valence-corrected chi connectivity index (χ0v) is 12.4. The van der Waals surface area contributed by atoms with Crippen molar-refractivity contribution in [2.24, 2.45) is 0 Å². The minimum atomic E-state index is -1.47. The second kappa shape index (κ2) is 7.23. The fourth-order valence-corrected chi connectivity index (χ4v) is 2.85. The molecule has 3 atom stereocenters. The highest BCUT2D eigenvalue weighted by molar-refractivity contribution is 7.86. The molecule has 1 aromatic rings. The van der Waals surface area contributed by atoms with Gasteiger partial charge in [-0.25, -0.2) is 0 Å². The lowest BCUT2D eigenvalue weighted by Gasteiger charge is -2.17. The van der Waals surface area contributed by atoms with Crippen LogP contribution in [0.25, 0.3) is 0 Å². The molecular weight excluding hydrogens is 262 g/mol. The minimum absolute atomic E-state index is 0.0896. The van der Waals surface area contributed by atoms with Gasteiger partial charge in [-0.15, -0.1) is 0 Å². The molecule has 3 unspecified atom stereocenters. The van der Waals surface area contributed by atoms with Crippen LogP contribution in [-0.2, 0) is 15.6 Å². The number of nitrogens with two attached hydrogens (primary N) is 1. The van der Waals surface area contributed by atoms with E-state index in [4.69, 9.17) is 5.73 Å². The molecule has 0 spiro atoms. The third-order valence-electron chi connectivity index (χ3n) is 2.83. The van der Waals surface area contributed by atoms with Crippen LogP contribution in [0, 0.1) is 0 Å². The summed E-state index contributed by atoms with van der Waals surface area (Å²) in [5.74, 6) is -0.213. The first-order valence-electron chi connectivity index (χ1n) is 6.37. The standard InChI is InChI=1S/C13H21N3O2S/c1-4-5-9(2)16-13(17)10(3)19(18)12-6-7-15-8-11(12)14/h6-10H,4-5,14H2,1-3H3,(H,16,17). The van der Waals surface area contributed by atoms with Gasteiger partial charge in [0.05, 0.1) is 27.6 Å². The summed E-state index contributed by atoms with van der Waals surface area (Å²) in [5, 5.41) is 2.23. The number of carbonyl (C=O) groups is 1. The first-order valence-corrected chi connectivity index (χ1v) is 7.59. The van der Waals surface area contributed by atoms with Crippen LogP contribution in [0.1, 0.15) is 33.6 Å². The molecule has 1 aromatic heterocycles. The molecule has 1 rings (SSSR count). The van der Waals surface area contributed by atoms with Crippen molar-refractivity contribution < 1.29 is 9.00 Å². The predicted molar refractivity (Wildman–Crippen MR) is 77.0 cm³/mol. The van der Waals surface area contributed by atoms with Crippen molar-refractivity contribution in [3.63, 3.8) is 0 Å². The molecule has 0 radical (unpaired) electrons. The molecule has 0 bridgehead atoms. The fourth-order valence-electron chi connectivity index (χ4n) is 1.73. The van der Waals surface area contributed by atoms with Crippen molar-refractivity contribution in [2.45, 2.75) is 49.8 Å². The third kappa shape index (κ3) is 4.31. The second-order valence-corrected chi connectivity index (χ2v) is 6.29. The van der Waals surface area contributed by atoms with Gasteiger partial charge in [-0.2, -0.15) is 0 Å². The number of rotatable bonds is 6. The predicted octanol–water partition coefficient (Wildman–Crippen LogP) is 1.46. The summed E-state index contributed by atoms with van der Waals surface area (Å²) < 4.78 is 12.3. The Balaban J connectivity index is 2.72. The van der Waals surface area contributed by atoms with Crippen molar-refractivity contribution in [3.05, 3.63) is 18.5 Å². The Hall–Kier alpha value is -1.43. The number of nitrogen functional groups attached to an aromatic ring is 1. The molecule has 1 amide bonds. The Morgan fingerprint density at radius 2 is 2.21 bits per heavy atom. The van der Waals surface area contributed by atoms with E-state index in [1.807, 2.05) is 6.92 Å². The summed E-state index contributed by atoms with van der Waals surface area (Å²) >= 11 is 0. The molecule has 6 heteroatoms. The Bertz CT molecular complexity index is 465. The largest absolute Gasteiger partial charge is 0.396 e. The van der Waals surface area contributed by atoms with Gasteiger partial charge in [-0.3, -0.25) is 14.0 Å². The summed E-state index contributed by atoms with van der Waals surface area (Å²) in [7, 11) is -1.47. The normalized spacial score (nSPS) is 15.5. The lowest BCUT2D eigenvalue weighted by atomic mass is 10.2. The van der Waals surface area contributed by atoms with E-state index < -0.39 is 16.0 Å². The number of nitrogens with zero attached hydrogens (tertiary/aromatic N) is 1. The highest BCUT2D eigenvalue weighted by Gasteiger charge is 2.23. The third-order valence-corrected chi connectivity index (χ3v) is 4.49. The molecule has 0 aliphatic carbocycles. The Kier molecular flexibility index (Phi) is 5.95. The van der Waals surface area contributed by atoms with Crippen LogP contribution in [0.5, 0.6) is 0 Å². The Labute approximate surface area is 116 Å². The topological polar surface area (TPSA) is 85.1 Å². The maximum absolute atomic E-state index is 12.3. The van der Waals surface area contributed by atoms with Crippen LogP contribution < -0.4 is 11.1 Å². The van der Waals surface area contributed by atoms with Gasteiger partial charge in [0.2, 0.25) is 5.91 Å². The van der Waals surface area contributed by atoms with Gasteiger partial charge in [0.1, 0.15) is 5.25 Å². The van der Waals surface area contributed by atoms with Crippen LogP contribution >= 0.6 is 0 Å². The number of hydrogen-bond donors (Lipinski definition) is 2. The summed E-state index contributed by atoms with van der Waals surface area (Å²) in [6, 6.07) is 1.68. The number of carbonyl (C=O) groups excluding carboxylic acids is 1. The van der Waals surface area contributed by atoms with Crippen molar-refractivity contribution >= 4 is 22.4 Å². The molecule has 0 saturated carbocycles. The molecule has 0 aliphatic heterocycles. The fraction of sp³-hybridized carbons (Fsp3) is 0.538. The highest BCUT2D eigenvalue weighted by atomic mass is 32.2. The van der Waals surface area contributed by atoms with E-state index in [0.29, 0.717) is 10.6 Å². The van der Waals surface area contributed by atoms with Crippen LogP contribution in [0.15, 0.2) is 23.4 Å². The average Bonchev–Trinajstić information content (AvgIpc) is 2.37. The SMILES string of the molecule is CCCC(C)NC(=O)C(C)S(=O)c1ccncc1N. The lowest BCUT2D eigenvalue weighted by molar-refractivity contribution is -0.121. The van der Waals surface area contributed by atoms with Crippen molar-refractivity contribution in [2.75, 3.05) is 5.73 Å². The molecule has 1 heterocycles. The molecule has 106 valence electrons. The van der Waals surface area contributed by atoms with Crippen molar-refractivity contribution in [1.29, 1.82) is 0 Å². The number of anilines is 1. The molecular formula is C13H21N3O2S. The van der Waals surface area contributed by atoms with E-state index in [-0.39, 0.29) is 11.9 Å². The molecule has 0 fully saturated rings. The van der Waals surface area contributed by atoms with Crippen LogP contribution in [0.3, 0.4) is 0 Å². The number of amides is 1. The van der Waals surface area contributed by atoms with Crippen LogP contribution in [0.4, 0.5) is 5.69 Å². The molecule has 5 nitrogen and oxygen atoms in total. The Morgan fingerprint density at radius 1 is 1.53 bits per heavy atom. The summed E-state index contributed by atoms with van der Waals surface area (Å²) in [4.78, 5) is 16.3. The maximum atomic E-state index is 12.3. The smallest absolute Gasteiger partial charge is 0.236 e. The van der Waals surface area contributed by atoms with E-state index in [1.54, 1.807) is 13.0 Å². The van der Waals surface area contributed by atoms with Gasteiger partial charge in [0.25, 0.3) is 0 Å². The first-order chi connectivity index (χ1) is 8.97. The van der Waals surface area contributed by atoms with E-state index in [1.165, 1.54) is 12.4 Å². The molecule has 19 heavy (non-hydrogen) atoms. The van der Waals surface area contributed by atoms with E-state index >= 15 is 0 Å². The number of nitrogens with one attached hydrogen (secondary N) is 1. The maximum Gasteiger partial charge on any atom is 0.236 e. The number of aromatic nitrogens is 1. The van der Waals surface area contributed by atoms with E-state index in [9.17, 15) is 9.00 Å². The van der Waals surface area contributed by atoms with E-state index in [0.717, 1.165) is 12.8 Å². The van der Waals surface area contributed by atoms with Gasteiger partial charge in [-0.05, 0) is 26.3 Å². The monoisotopic (exact) mass is 283 g/mol. The quantitative estimate of drug-likeness (QED) is 0.828. The van der Waals surface area contributed by atoms with E-state index in [2.05, 4.69) is 17.2 Å². The van der Waals surface area contributed by atoms with Crippen molar-refractivity contribution in [1.82, 2.24) is 10.3 Å². The molecule has 3 N–H and O–H groups in total. The first kappa shape index (κ1) is 15.6. The molecule has 0 aromatic carbocycles. The van der Waals surface area contributed by atoms with Crippen LogP contribution in [-0.4, -0.2) is 26.4 Å². The lowest BCUT2D eigenvalue weighted by Crippen LogP contribution is -2.40. The van der Waals surface area contributed by atoms with Gasteiger partial charge < -0.3 is 11.1 Å². The van der Waals surface area contributed by atoms with Gasteiger partial charge in [0.15, 0.2) is 0 Å². The zero-order valence-electron chi connectivity index (χ0n) is 11.6. The summed E-state index contributed by atoms with van der Waals surface area (Å²) in [6.45, 7) is 5.64. The number of pyridine rings is 1. The molecule has 0 aliphatic rings. The summed E-state index contributed by atoms with van der Waals surface area (Å²) in [5.41, 5.74) is 6.07. The van der Waals surface area contributed by atoms with Gasteiger partial charge in [-0.1, -0.05) is 13.3 Å². The average molecular weight is 283 g/mol. The van der Waals surface area contributed by atoms with Gasteiger partial charge in [0, 0.05) is 12.2 Å². The number of hydrogen-bond acceptors (Lipinski definition) is 4. The Morgan fingerprint density at radius 3 is 2.79 bits per heavy atom. The zero-order chi connectivity index (χ0) is 14.4. The highest BCUT2D eigenvalue weighted by Crippen LogP contribution is 2.17. The summed E-state index contributed by atoms with van der Waals surface area (Å²) in [6.07, 6.45) is 4.87. The van der Waals surface area contributed by atoms with Gasteiger partial charge >= 0.3 is 0 Å². The second-order valence-electron chi connectivity index (χ2n) is 4.55.